The van der Waals surface area contributed by atoms with Crippen molar-refractivity contribution in [3.8, 4) is 0 Å². The molecule has 0 aromatic carbocycles. The minimum absolute atomic E-state index is 0.146. The van der Waals surface area contributed by atoms with Gasteiger partial charge in [0.2, 0.25) is 0 Å². The van der Waals surface area contributed by atoms with E-state index in [1.807, 2.05) is 6.20 Å². The fourth-order valence-corrected chi connectivity index (χ4v) is 1.96. The number of aryl methyl sites for hydroxylation is 1. The zero-order valence-corrected chi connectivity index (χ0v) is 9.70. The van der Waals surface area contributed by atoms with Gasteiger partial charge in [-0.2, -0.15) is 5.10 Å². The van der Waals surface area contributed by atoms with Crippen LogP contribution >= 0.6 is 0 Å². The van der Waals surface area contributed by atoms with Crippen molar-refractivity contribution in [3.05, 3.63) is 18.0 Å². The van der Waals surface area contributed by atoms with Crippen LogP contribution in [0, 0.1) is 0 Å². The lowest BCUT2D eigenvalue weighted by molar-refractivity contribution is 0.581. The van der Waals surface area contributed by atoms with Crippen LogP contribution in [0.4, 0.5) is 0 Å². The molecule has 0 spiro atoms. The van der Waals surface area contributed by atoms with E-state index < -0.39 is 9.84 Å². The fraction of sp³-hybridized carbons (Fsp3) is 0.667. The minimum Gasteiger partial charge on any atom is -0.330 e. The van der Waals surface area contributed by atoms with E-state index >= 15 is 0 Å². The Balaban J connectivity index is 2.51. The molecule has 1 heterocycles. The molecule has 0 bridgehead atoms. The third-order valence-electron chi connectivity index (χ3n) is 2.19. The lowest BCUT2D eigenvalue weighted by Gasteiger charge is -2.01. The van der Waals surface area contributed by atoms with Crippen molar-refractivity contribution >= 4 is 9.84 Å². The minimum atomic E-state index is -2.91. The van der Waals surface area contributed by atoms with Crippen molar-refractivity contribution in [2.45, 2.75) is 19.9 Å². The maximum atomic E-state index is 11.2. The third kappa shape index (κ3) is 4.01. The summed E-state index contributed by atoms with van der Waals surface area (Å²) in [5, 5.41) is 4.07. The molecule has 6 heteroatoms. The van der Waals surface area contributed by atoms with Gasteiger partial charge >= 0.3 is 0 Å². The first-order chi connectivity index (χ1) is 7.07. The zero-order chi connectivity index (χ0) is 11.3. The molecule has 0 saturated heterocycles. The zero-order valence-electron chi connectivity index (χ0n) is 8.89. The molecule has 0 aliphatic rings. The largest absolute Gasteiger partial charge is 0.330 e. The lowest BCUT2D eigenvalue weighted by atomic mass is 10.3. The van der Waals surface area contributed by atoms with E-state index in [4.69, 9.17) is 5.73 Å². The Labute approximate surface area is 90.2 Å². The van der Waals surface area contributed by atoms with Gasteiger partial charge in [-0.15, -0.1) is 0 Å². The van der Waals surface area contributed by atoms with E-state index in [9.17, 15) is 8.42 Å². The highest BCUT2D eigenvalue weighted by molar-refractivity contribution is 7.91. The second-order valence-electron chi connectivity index (χ2n) is 3.39. The fourth-order valence-electron chi connectivity index (χ4n) is 1.20. The van der Waals surface area contributed by atoms with E-state index in [1.54, 1.807) is 17.8 Å². The van der Waals surface area contributed by atoms with Crippen LogP contribution in [0.5, 0.6) is 0 Å². The second kappa shape index (κ2) is 5.27. The van der Waals surface area contributed by atoms with Crippen LogP contribution in [0.15, 0.2) is 12.4 Å². The topological polar surface area (TPSA) is 78.0 Å². The first kappa shape index (κ1) is 12.2. The van der Waals surface area contributed by atoms with Crippen molar-refractivity contribution in [3.63, 3.8) is 0 Å². The summed E-state index contributed by atoms with van der Waals surface area (Å²) in [4.78, 5) is 0. The third-order valence-corrected chi connectivity index (χ3v) is 3.88. The molecule has 0 aliphatic heterocycles. The van der Waals surface area contributed by atoms with Crippen molar-refractivity contribution < 1.29 is 8.42 Å². The van der Waals surface area contributed by atoms with E-state index in [2.05, 4.69) is 5.10 Å². The van der Waals surface area contributed by atoms with E-state index in [1.165, 1.54) is 0 Å². The number of nitrogens with zero attached hydrogens (tertiary/aromatic N) is 2. The van der Waals surface area contributed by atoms with Gasteiger partial charge in [0.15, 0.2) is 9.84 Å². The SMILES string of the molecule is CCS(=O)(=O)CCn1cc(CCN)cn1. The van der Waals surface area contributed by atoms with Crippen LogP contribution in [0.2, 0.25) is 0 Å². The number of hydrogen-bond donors (Lipinski definition) is 1. The molecule has 0 aliphatic carbocycles. The van der Waals surface area contributed by atoms with Crippen molar-refractivity contribution in [1.29, 1.82) is 0 Å². The van der Waals surface area contributed by atoms with Gasteiger partial charge in [0, 0.05) is 11.9 Å². The van der Waals surface area contributed by atoms with E-state index in [-0.39, 0.29) is 11.5 Å². The maximum Gasteiger partial charge on any atom is 0.151 e. The highest BCUT2D eigenvalue weighted by Crippen LogP contribution is 1.99. The molecule has 5 nitrogen and oxygen atoms in total. The van der Waals surface area contributed by atoms with Gasteiger partial charge in [-0.3, -0.25) is 4.68 Å². The summed E-state index contributed by atoms with van der Waals surface area (Å²) in [6.07, 6.45) is 4.35. The molecule has 86 valence electrons. The average molecular weight is 231 g/mol. The van der Waals surface area contributed by atoms with E-state index in [0.717, 1.165) is 12.0 Å². The Morgan fingerprint density at radius 1 is 1.53 bits per heavy atom. The van der Waals surface area contributed by atoms with Crippen LogP contribution in [-0.2, 0) is 22.8 Å². The summed E-state index contributed by atoms with van der Waals surface area (Å²) in [7, 11) is -2.91. The molecule has 1 aromatic heterocycles. The van der Waals surface area contributed by atoms with Gasteiger partial charge in [0.05, 0.1) is 18.5 Å². The number of nitrogens with two attached hydrogens (primary N) is 1. The van der Waals surface area contributed by atoms with Crippen LogP contribution in [0.3, 0.4) is 0 Å². The molecular formula is C9H17N3O2S. The van der Waals surface area contributed by atoms with Crippen LogP contribution in [0.25, 0.3) is 0 Å². The molecule has 0 unspecified atom stereocenters. The van der Waals surface area contributed by atoms with Gasteiger partial charge < -0.3 is 5.73 Å². The molecular weight excluding hydrogens is 214 g/mol. The predicted octanol–water partition coefficient (Wildman–Crippen LogP) is -0.181. The number of aromatic nitrogens is 2. The Morgan fingerprint density at radius 2 is 2.27 bits per heavy atom. The molecule has 0 fully saturated rings. The molecule has 0 amide bonds. The summed E-state index contributed by atoms with van der Waals surface area (Å²) in [5.41, 5.74) is 6.45. The summed E-state index contributed by atoms with van der Waals surface area (Å²) in [6, 6.07) is 0. The molecule has 1 rings (SSSR count). The van der Waals surface area contributed by atoms with Gasteiger partial charge in [-0.1, -0.05) is 6.92 Å². The number of hydrogen-bond acceptors (Lipinski definition) is 4. The van der Waals surface area contributed by atoms with Gasteiger partial charge in [0.1, 0.15) is 0 Å². The second-order valence-corrected chi connectivity index (χ2v) is 5.86. The first-order valence-corrected chi connectivity index (χ1v) is 6.81. The summed E-state index contributed by atoms with van der Waals surface area (Å²) >= 11 is 0. The Bertz CT molecular complexity index is 397. The monoisotopic (exact) mass is 231 g/mol. The van der Waals surface area contributed by atoms with Crippen LogP contribution in [-0.4, -0.2) is 36.2 Å². The summed E-state index contributed by atoms with van der Waals surface area (Å²) in [6.45, 7) is 2.65. The summed E-state index contributed by atoms with van der Waals surface area (Å²) < 4.78 is 24.1. The molecule has 15 heavy (non-hydrogen) atoms. The van der Waals surface area contributed by atoms with Gasteiger partial charge in [0.25, 0.3) is 0 Å². The highest BCUT2D eigenvalue weighted by Gasteiger charge is 2.07. The molecule has 1 aromatic rings. The van der Waals surface area contributed by atoms with Crippen molar-refractivity contribution in [1.82, 2.24) is 9.78 Å². The van der Waals surface area contributed by atoms with Crippen LogP contribution < -0.4 is 5.73 Å². The predicted molar refractivity (Wildman–Crippen MR) is 59.3 cm³/mol. The van der Waals surface area contributed by atoms with Crippen molar-refractivity contribution in [2.75, 3.05) is 18.1 Å². The lowest BCUT2D eigenvalue weighted by Crippen LogP contribution is -2.14. The molecule has 0 atom stereocenters. The normalized spacial score (nSPS) is 11.9. The number of rotatable bonds is 6. The van der Waals surface area contributed by atoms with Crippen molar-refractivity contribution in [2.24, 2.45) is 5.73 Å². The van der Waals surface area contributed by atoms with Gasteiger partial charge in [-0.25, -0.2) is 8.42 Å². The molecule has 0 saturated carbocycles. The maximum absolute atomic E-state index is 11.2. The average Bonchev–Trinajstić information content (AvgIpc) is 2.64. The summed E-state index contributed by atoms with van der Waals surface area (Å²) in [5.74, 6) is 0.331. The molecule has 0 radical (unpaired) electrons. The smallest absolute Gasteiger partial charge is 0.151 e. The quantitative estimate of drug-likeness (QED) is 0.736. The Morgan fingerprint density at radius 3 is 2.87 bits per heavy atom. The van der Waals surface area contributed by atoms with Gasteiger partial charge in [-0.05, 0) is 18.5 Å². The Hall–Kier alpha value is -0.880. The van der Waals surface area contributed by atoms with Crippen LogP contribution in [0.1, 0.15) is 12.5 Å². The first-order valence-electron chi connectivity index (χ1n) is 4.99. The molecule has 2 N–H and O–H groups in total. The standard InChI is InChI=1S/C9H17N3O2S/c1-2-15(13,14)6-5-12-8-9(3-4-10)7-11-12/h7-8H,2-6,10H2,1H3. The highest BCUT2D eigenvalue weighted by atomic mass is 32.2. The Kier molecular flexibility index (Phi) is 4.28. The van der Waals surface area contributed by atoms with E-state index in [0.29, 0.717) is 13.1 Å². The number of sulfone groups is 1.